The number of benzene rings is 1. The summed E-state index contributed by atoms with van der Waals surface area (Å²) in [5.41, 5.74) is 1.92. The molecule has 1 aromatic heterocycles. The summed E-state index contributed by atoms with van der Waals surface area (Å²) in [6.07, 6.45) is 4.34. The van der Waals surface area contributed by atoms with Crippen LogP contribution in [0.1, 0.15) is 19.4 Å². The van der Waals surface area contributed by atoms with Gasteiger partial charge in [0.05, 0.1) is 18.1 Å². The zero-order valence-corrected chi connectivity index (χ0v) is 11.9. The Hall–Kier alpha value is -2.23. The lowest BCUT2D eigenvalue weighted by molar-refractivity contribution is 0.135. The maximum atomic E-state index is 5.99. The van der Waals surface area contributed by atoms with Crippen LogP contribution in [0.2, 0.25) is 0 Å². The number of fused-ring (bicyclic) bond motifs is 1. The molecule has 0 unspecified atom stereocenters. The van der Waals surface area contributed by atoms with Crippen molar-refractivity contribution in [1.82, 2.24) is 4.98 Å². The summed E-state index contributed by atoms with van der Waals surface area (Å²) in [7, 11) is 1.85. The van der Waals surface area contributed by atoms with E-state index in [-0.39, 0.29) is 5.60 Å². The number of hydrogen-bond donors (Lipinski definition) is 1. The maximum absolute atomic E-state index is 5.99. The molecule has 0 radical (unpaired) electrons. The second-order valence-electron chi connectivity index (χ2n) is 5.54. The molecule has 0 saturated carbocycles. The predicted octanol–water partition coefficient (Wildman–Crippen LogP) is 3.63. The van der Waals surface area contributed by atoms with Crippen LogP contribution >= 0.6 is 0 Å². The zero-order valence-electron chi connectivity index (χ0n) is 11.9. The second kappa shape index (κ2) is 4.71. The van der Waals surface area contributed by atoms with Gasteiger partial charge in [-0.3, -0.25) is 4.98 Å². The highest BCUT2D eigenvalue weighted by Crippen LogP contribution is 2.43. The molecule has 1 aliphatic rings. The van der Waals surface area contributed by atoms with Gasteiger partial charge in [-0.1, -0.05) is 12.1 Å². The molecule has 0 spiro atoms. The Morgan fingerprint density at radius 3 is 2.95 bits per heavy atom. The van der Waals surface area contributed by atoms with Gasteiger partial charge in [-0.2, -0.15) is 0 Å². The van der Waals surface area contributed by atoms with Gasteiger partial charge in [-0.15, -0.1) is 0 Å². The van der Waals surface area contributed by atoms with Gasteiger partial charge < -0.3 is 14.8 Å². The molecule has 0 atom stereocenters. The Morgan fingerprint density at radius 1 is 1.30 bits per heavy atom. The molecule has 1 aromatic carbocycles. The lowest BCUT2D eigenvalue weighted by atomic mass is 10.0. The summed E-state index contributed by atoms with van der Waals surface area (Å²) in [6, 6.07) is 7.91. The smallest absolute Gasteiger partial charge is 0.169 e. The molecule has 0 amide bonds. The van der Waals surface area contributed by atoms with Crippen LogP contribution in [0.15, 0.2) is 36.7 Å². The Morgan fingerprint density at radius 2 is 2.15 bits per heavy atom. The van der Waals surface area contributed by atoms with Crippen molar-refractivity contribution in [2.24, 2.45) is 0 Å². The van der Waals surface area contributed by atoms with Gasteiger partial charge in [0.2, 0.25) is 0 Å². The SMILES string of the molecule is CNc1cncc(Oc2cccc3c2OC(C)(C)C3)c1. The molecule has 0 aliphatic carbocycles. The first-order valence-corrected chi connectivity index (χ1v) is 6.69. The Labute approximate surface area is 118 Å². The molecule has 0 bridgehead atoms. The molecule has 4 nitrogen and oxygen atoms in total. The highest BCUT2D eigenvalue weighted by Gasteiger charge is 2.32. The quantitative estimate of drug-likeness (QED) is 0.925. The minimum absolute atomic E-state index is 0.174. The summed E-state index contributed by atoms with van der Waals surface area (Å²) >= 11 is 0. The molecule has 0 saturated heterocycles. The Kier molecular flexibility index (Phi) is 3.01. The number of anilines is 1. The third-order valence-corrected chi connectivity index (χ3v) is 3.28. The highest BCUT2D eigenvalue weighted by molar-refractivity contribution is 5.53. The van der Waals surface area contributed by atoms with Crippen molar-refractivity contribution in [1.29, 1.82) is 0 Å². The minimum atomic E-state index is -0.174. The number of pyridine rings is 1. The van der Waals surface area contributed by atoms with Gasteiger partial charge in [0.25, 0.3) is 0 Å². The zero-order chi connectivity index (χ0) is 14.2. The minimum Gasteiger partial charge on any atom is -0.483 e. The molecule has 1 N–H and O–H groups in total. The van der Waals surface area contributed by atoms with Crippen molar-refractivity contribution in [3.8, 4) is 17.2 Å². The van der Waals surface area contributed by atoms with Crippen LogP contribution in [-0.4, -0.2) is 17.6 Å². The van der Waals surface area contributed by atoms with Crippen molar-refractivity contribution in [2.75, 3.05) is 12.4 Å². The summed E-state index contributed by atoms with van der Waals surface area (Å²) < 4.78 is 11.9. The van der Waals surface area contributed by atoms with E-state index in [1.165, 1.54) is 5.56 Å². The largest absolute Gasteiger partial charge is 0.483 e. The van der Waals surface area contributed by atoms with Crippen molar-refractivity contribution in [3.63, 3.8) is 0 Å². The average Bonchev–Trinajstić information content (AvgIpc) is 2.74. The van der Waals surface area contributed by atoms with E-state index in [0.717, 1.165) is 23.6 Å². The summed E-state index contributed by atoms with van der Waals surface area (Å²) in [4.78, 5) is 4.15. The standard InChI is InChI=1S/C16H18N2O2/c1-16(2)8-11-5-4-6-14(15(11)20-16)19-13-7-12(17-3)9-18-10-13/h4-7,9-10,17H,8H2,1-3H3. The van der Waals surface area contributed by atoms with E-state index in [2.05, 4.69) is 30.2 Å². The lowest BCUT2D eigenvalue weighted by Crippen LogP contribution is -2.24. The van der Waals surface area contributed by atoms with E-state index in [4.69, 9.17) is 9.47 Å². The Balaban J connectivity index is 1.91. The topological polar surface area (TPSA) is 43.4 Å². The number of nitrogens with zero attached hydrogens (tertiary/aromatic N) is 1. The fourth-order valence-electron chi connectivity index (χ4n) is 2.41. The van der Waals surface area contributed by atoms with E-state index < -0.39 is 0 Å². The lowest BCUT2D eigenvalue weighted by Gasteiger charge is -2.18. The molecule has 2 heterocycles. The predicted molar refractivity (Wildman–Crippen MR) is 78.7 cm³/mol. The molecular formula is C16H18N2O2. The molecule has 0 fully saturated rings. The molecule has 1 aliphatic heterocycles. The van der Waals surface area contributed by atoms with Crippen molar-refractivity contribution < 1.29 is 9.47 Å². The van der Waals surface area contributed by atoms with Crippen LogP contribution in [0.3, 0.4) is 0 Å². The van der Waals surface area contributed by atoms with Crippen molar-refractivity contribution in [2.45, 2.75) is 25.9 Å². The summed E-state index contributed by atoms with van der Waals surface area (Å²) in [5, 5.41) is 3.04. The highest BCUT2D eigenvalue weighted by atomic mass is 16.5. The summed E-state index contributed by atoms with van der Waals surface area (Å²) in [5.74, 6) is 2.27. The first-order chi connectivity index (χ1) is 9.57. The molecular weight excluding hydrogens is 252 g/mol. The van der Waals surface area contributed by atoms with Crippen LogP contribution in [0.25, 0.3) is 0 Å². The number of nitrogens with one attached hydrogen (secondary N) is 1. The van der Waals surface area contributed by atoms with Gasteiger partial charge in [0.1, 0.15) is 11.4 Å². The van der Waals surface area contributed by atoms with E-state index in [9.17, 15) is 0 Å². The van der Waals surface area contributed by atoms with Gasteiger partial charge in [0, 0.05) is 25.1 Å². The van der Waals surface area contributed by atoms with Gasteiger partial charge in [0.15, 0.2) is 11.5 Å². The van der Waals surface area contributed by atoms with E-state index in [1.54, 1.807) is 12.4 Å². The van der Waals surface area contributed by atoms with Crippen molar-refractivity contribution >= 4 is 5.69 Å². The number of para-hydroxylation sites is 1. The molecule has 4 heteroatoms. The fraction of sp³-hybridized carbons (Fsp3) is 0.312. The first-order valence-electron chi connectivity index (χ1n) is 6.69. The van der Waals surface area contributed by atoms with E-state index in [0.29, 0.717) is 5.75 Å². The first kappa shape index (κ1) is 12.8. The number of hydrogen-bond acceptors (Lipinski definition) is 4. The van der Waals surface area contributed by atoms with E-state index >= 15 is 0 Å². The van der Waals surface area contributed by atoms with Crippen LogP contribution in [0, 0.1) is 0 Å². The van der Waals surface area contributed by atoms with Gasteiger partial charge in [-0.25, -0.2) is 0 Å². The third kappa shape index (κ3) is 2.41. The molecule has 3 rings (SSSR count). The normalized spacial score (nSPS) is 15.3. The molecule has 20 heavy (non-hydrogen) atoms. The van der Waals surface area contributed by atoms with Crippen molar-refractivity contribution in [3.05, 3.63) is 42.2 Å². The monoisotopic (exact) mass is 270 g/mol. The third-order valence-electron chi connectivity index (χ3n) is 3.28. The van der Waals surface area contributed by atoms with E-state index in [1.807, 2.05) is 25.2 Å². The second-order valence-corrected chi connectivity index (χ2v) is 5.54. The van der Waals surface area contributed by atoms with Crippen LogP contribution < -0.4 is 14.8 Å². The van der Waals surface area contributed by atoms with Gasteiger partial charge >= 0.3 is 0 Å². The Bertz CT molecular complexity index is 638. The van der Waals surface area contributed by atoms with Crippen LogP contribution in [0.5, 0.6) is 17.2 Å². The summed E-state index contributed by atoms with van der Waals surface area (Å²) in [6.45, 7) is 4.17. The van der Waals surface area contributed by atoms with Crippen LogP contribution in [-0.2, 0) is 6.42 Å². The number of rotatable bonds is 3. The van der Waals surface area contributed by atoms with Crippen LogP contribution in [0.4, 0.5) is 5.69 Å². The van der Waals surface area contributed by atoms with Gasteiger partial charge in [-0.05, 0) is 19.9 Å². The maximum Gasteiger partial charge on any atom is 0.169 e. The average molecular weight is 270 g/mol. The number of ether oxygens (including phenoxy) is 2. The fourth-order valence-corrected chi connectivity index (χ4v) is 2.41. The number of aromatic nitrogens is 1. The molecule has 104 valence electrons. The molecule has 2 aromatic rings.